The van der Waals surface area contributed by atoms with Crippen LogP contribution in [-0.2, 0) is 10.3 Å². The molecule has 3 nitrogen and oxygen atoms in total. The Bertz CT molecular complexity index is 414. The molecule has 1 aromatic rings. The molecular formula is C15H22N2O. The number of amides is 1. The van der Waals surface area contributed by atoms with E-state index in [1.54, 1.807) is 0 Å². The number of hydrogen-bond donors (Lipinski definition) is 1. The van der Waals surface area contributed by atoms with Gasteiger partial charge in [-0.1, -0.05) is 37.3 Å². The summed E-state index contributed by atoms with van der Waals surface area (Å²) in [4.78, 5) is 14.5. The summed E-state index contributed by atoms with van der Waals surface area (Å²) < 4.78 is 0. The molecular weight excluding hydrogens is 224 g/mol. The number of hydrogen-bond acceptors (Lipinski definition) is 2. The van der Waals surface area contributed by atoms with Crippen molar-refractivity contribution < 1.29 is 4.79 Å². The Morgan fingerprint density at radius 3 is 2.67 bits per heavy atom. The van der Waals surface area contributed by atoms with Crippen molar-refractivity contribution in [2.45, 2.75) is 32.2 Å². The van der Waals surface area contributed by atoms with E-state index in [1.165, 1.54) is 6.42 Å². The first-order chi connectivity index (χ1) is 8.51. The summed E-state index contributed by atoms with van der Waals surface area (Å²) in [5.74, 6) is 0.620. The minimum atomic E-state index is -0.918. The van der Waals surface area contributed by atoms with Gasteiger partial charge >= 0.3 is 0 Å². The lowest BCUT2D eigenvalue weighted by atomic mass is 9.90. The van der Waals surface area contributed by atoms with Crippen molar-refractivity contribution in [1.82, 2.24) is 4.90 Å². The fourth-order valence-corrected chi connectivity index (χ4v) is 2.61. The van der Waals surface area contributed by atoms with Crippen LogP contribution in [0.2, 0.25) is 0 Å². The first kappa shape index (κ1) is 13.1. The van der Waals surface area contributed by atoms with E-state index in [1.807, 2.05) is 42.2 Å². The molecule has 2 rings (SSSR count). The second kappa shape index (κ2) is 5.11. The monoisotopic (exact) mass is 246 g/mol. The molecule has 0 saturated carbocycles. The molecule has 2 atom stereocenters. The maximum Gasteiger partial charge on any atom is 0.246 e. The second-order valence-corrected chi connectivity index (χ2v) is 5.57. The van der Waals surface area contributed by atoms with Gasteiger partial charge in [-0.05, 0) is 31.2 Å². The lowest BCUT2D eigenvalue weighted by Crippen LogP contribution is -2.53. The molecule has 1 heterocycles. The number of likely N-dealkylation sites (tertiary alicyclic amines) is 1. The van der Waals surface area contributed by atoms with Gasteiger partial charge in [0.05, 0.1) is 0 Å². The lowest BCUT2D eigenvalue weighted by Gasteiger charge is -2.36. The Labute approximate surface area is 109 Å². The van der Waals surface area contributed by atoms with Crippen molar-refractivity contribution in [3.63, 3.8) is 0 Å². The van der Waals surface area contributed by atoms with Crippen LogP contribution in [0.5, 0.6) is 0 Å². The smallest absolute Gasteiger partial charge is 0.246 e. The summed E-state index contributed by atoms with van der Waals surface area (Å²) in [5.41, 5.74) is 6.23. The van der Waals surface area contributed by atoms with Gasteiger partial charge in [-0.2, -0.15) is 0 Å². The Balaban J connectivity index is 2.17. The van der Waals surface area contributed by atoms with Crippen molar-refractivity contribution in [1.29, 1.82) is 0 Å². The molecule has 1 fully saturated rings. The molecule has 18 heavy (non-hydrogen) atoms. The zero-order valence-electron chi connectivity index (χ0n) is 11.2. The van der Waals surface area contributed by atoms with Crippen molar-refractivity contribution >= 4 is 5.91 Å². The molecule has 98 valence electrons. The van der Waals surface area contributed by atoms with Gasteiger partial charge < -0.3 is 10.6 Å². The van der Waals surface area contributed by atoms with Gasteiger partial charge in [0.2, 0.25) is 5.91 Å². The minimum absolute atomic E-state index is 0.0419. The molecule has 2 unspecified atom stereocenters. The molecule has 1 aliphatic heterocycles. The van der Waals surface area contributed by atoms with E-state index in [0.717, 1.165) is 25.1 Å². The number of rotatable bonds is 2. The second-order valence-electron chi connectivity index (χ2n) is 5.57. The molecule has 0 aromatic heterocycles. The first-order valence-electron chi connectivity index (χ1n) is 6.65. The van der Waals surface area contributed by atoms with Gasteiger partial charge in [0.25, 0.3) is 0 Å². The highest BCUT2D eigenvalue weighted by molar-refractivity contribution is 5.87. The van der Waals surface area contributed by atoms with E-state index < -0.39 is 5.54 Å². The zero-order valence-corrected chi connectivity index (χ0v) is 11.2. The standard InChI is InChI=1S/C15H22N2O/c1-12-7-6-10-17(11-12)14(18)15(2,16)13-8-4-3-5-9-13/h3-5,8-9,12H,6-7,10-11,16H2,1-2H3. The van der Waals surface area contributed by atoms with Crippen LogP contribution < -0.4 is 5.73 Å². The summed E-state index contributed by atoms with van der Waals surface area (Å²) in [5, 5.41) is 0. The zero-order chi connectivity index (χ0) is 13.2. The highest BCUT2D eigenvalue weighted by atomic mass is 16.2. The largest absolute Gasteiger partial charge is 0.341 e. The highest BCUT2D eigenvalue weighted by Gasteiger charge is 2.35. The van der Waals surface area contributed by atoms with Crippen LogP contribution in [0.1, 0.15) is 32.3 Å². The highest BCUT2D eigenvalue weighted by Crippen LogP contribution is 2.24. The minimum Gasteiger partial charge on any atom is -0.341 e. The van der Waals surface area contributed by atoms with E-state index in [9.17, 15) is 4.79 Å². The molecule has 0 bridgehead atoms. The number of piperidine rings is 1. The van der Waals surface area contributed by atoms with Crippen LogP contribution in [0.3, 0.4) is 0 Å². The molecule has 0 radical (unpaired) electrons. The lowest BCUT2D eigenvalue weighted by molar-refractivity contribution is -0.138. The number of carbonyl (C=O) groups is 1. The number of benzene rings is 1. The summed E-state index contributed by atoms with van der Waals surface area (Å²) in [6.07, 6.45) is 2.29. The van der Waals surface area contributed by atoms with Crippen LogP contribution in [0.15, 0.2) is 30.3 Å². The summed E-state index contributed by atoms with van der Waals surface area (Å²) in [6.45, 7) is 5.67. The topological polar surface area (TPSA) is 46.3 Å². The SMILES string of the molecule is CC1CCCN(C(=O)C(C)(N)c2ccccc2)C1. The van der Waals surface area contributed by atoms with Crippen LogP contribution in [0, 0.1) is 5.92 Å². The van der Waals surface area contributed by atoms with Crippen molar-refractivity contribution in [3.05, 3.63) is 35.9 Å². The number of nitrogens with two attached hydrogens (primary N) is 1. The molecule has 1 saturated heterocycles. The fraction of sp³-hybridized carbons (Fsp3) is 0.533. The predicted octanol–water partition coefficient (Wildman–Crippen LogP) is 2.12. The average molecular weight is 246 g/mol. The molecule has 2 N–H and O–H groups in total. The van der Waals surface area contributed by atoms with E-state index in [4.69, 9.17) is 5.73 Å². The third-order valence-corrected chi connectivity index (χ3v) is 3.76. The number of carbonyl (C=O) groups excluding carboxylic acids is 1. The Morgan fingerprint density at radius 2 is 2.06 bits per heavy atom. The van der Waals surface area contributed by atoms with Crippen LogP contribution >= 0.6 is 0 Å². The van der Waals surface area contributed by atoms with Crippen LogP contribution in [-0.4, -0.2) is 23.9 Å². The number of nitrogens with zero attached hydrogens (tertiary/aromatic N) is 1. The van der Waals surface area contributed by atoms with E-state index in [2.05, 4.69) is 6.92 Å². The van der Waals surface area contributed by atoms with Crippen LogP contribution in [0.25, 0.3) is 0 Å². The maximum atomic E-state index is 12.6. The molecule has 1 amide bonds. The van der Waals surface area contributed by atoms with Gasteiger partial charge in [-0.15, -0.1) is 0 Å². The van der Waals surface area contributed by atoms with Crippen LogP contribution in [0.4, 0.5) is 0 Å². The average Bonchev–Trinajstić information content (AvgIpc) is 2.39. The summed E-state index contributed by atoms with van der Waals surface area (Å²) >= 11 is 0. The van der Waals surface area contributed by atoms with Gasteiger partial charge in [0, 0.05) is 13.1 Å². The molecule has 0 aliphatic carbocycles. The quantitative estimate of drug-likeness (QED) is 0.869. The van der Waals surface area contributed by atoms with E-state index >= 15 is 0 Å². The fourth-order valence-electron chi connectivity index (χ4n) is 2.61. The first-order valence-corrected chi connectivity index (χ1v) is 6.65. The van der Waals surface area contributed by atoms with Crippen molar-refractivity contribution in [2.24, 2.45) is 11.7 Å². The van der Waals surface area contributed by atoms with E-state index in [-0.39, 0.29) is 5.91 Å². The van der Waals surface area contributed by atoms with Crippen molar-refractivity contribution in [3.8, 4) is 0 Å². The Kier molecular flexibility index (Phi) is 3.71. The third kappa shape index (κ3) is 2.56. The summed E-state index contributed by atoms with van der Waals surface area (Å²) in [7, 11) is 0. The molecule has 1 aliphatic rings. The normalized spacial score (nSPS) is 23.5. The molecule has 0 spiro atoms. The summed E-state index contributed by atoms with van der Waals surface area (Å²) in [6, 6.07) is 9.63. The molecule has 1 aromatic carbocycles. The molecule has 3 heteroatoms. The third-order valence-electron chi connectivity index (χ3n) is 3.76. The van der Waals surface area contributed by atoms with Gasteiger partial charge in [-0.3, -0.25) is 4.79 Å². The van der Waals surface area contributed by atoms with E-state index in [0.29, 0.717) is 5.92 Å². The Morgan fingerprint density at radius 1 is 1.39 bits per heavy atom. The van der Waals surface area contributed by atoms with Gasteiger partial charge in [0.1, 0.15) is 5.54 Å². The van der Waals surface area contributed by atoms with Gasteiger partial charge in [0.15, 0.2) is 0 Å². The predicted molar refractivity (Wildman–Crippen MR) is 73.0 cm³/mol. The maximum absolute atomic E-state index is 12.6. The van der Waals surface area contributed by atoms with Gasteiger partial charge in [-0.25, -0.2) is 0 Å². The van der Waals surface area contributed by atoms with Crippen molar-refractivity contribution in [2.75, 3.05) is 13.1 Å². The Hall–Kier alpha value is -1.35.